The summed E-state index contributed by atoms with van der Waals surface area (Å²) in [6.07, 6.45) is 4.15. The second-order valence-electron chi connectivity index (χ2n) is 4.00. The summed E-state index contributed by atoms with van der Waals surface area (Å²) in [5.41, 5.74) is -0.193. The second-order valence-corrected chi connectivity index (χ2v) is 5.00. The van der Waals surface area contributed by atoms with Crippen LogP contribution in [-0.2, 0) is 6.54 Å². The minimum absolute atomic E-state index is 0.163. The predicted octanol–water partition coefficient (Wildman–Crippen LogP) is 1.14. The molecule has 0 radical (unpaired) electrons. The standard InChI is InChI=1S/C11H13N5O3S/c1-7(17)9-8(10(18)19)14-11(20-9)12-3-2-5-16-6-4-13-15-16/h4,6H,2-3,5H2,1H3,(H,12,14)(H,18,19). The molecule has 20 heavy (non-hydrogen) atoms. The molecule has 0 atom stereocenters. The van der Waals surface area contributed by atoms with E-state index in [9.17, 15) is 9.59 Å². The summed E-state index contributed by atoms with van der Waals surface area (Å²) < 4.78 is 1.70. The van der Waals surface area contributed by atoms with Gasteiger partial charge in [-0.2, -0.15) is 0 Å². The Balaban J connectivity index is 1.91. The highest BCUT2D eigenvalue weighted by Gasteiger charge is 2.20. The highest BCUT2D eigenvalue weighted by Crippen LogP contribution is 2.23. The van der Waals surface area contributed by atoms with Crippen LogP contribution in [0.3, 0.4) is 0 Å². The highest BCUT2D eigenvalue weighted by molar-refractivity contribution is 7.17. The number of nitrogens with zero attached hydrogens (tertiary/aromatic N) is 4. The number of carbonyl (C=O) groups excluding carboxylic acids is 1. The van der Waals surface area contributed by atoms with E-state index in [1.165, 1.54) is 6.92 Å². The van der Waals surface area contributed by atoms with Crippen LogP contribution >= 0.6 is 11.3 Å². The molecule has 0 saturated heterocycles. The number of aromatic nitrogens is 4. The van der Waals surface area contributed by atoms with Gasteiger partial charge < -0.3 is 10.4 Å². The first-order chi connectivity index (χ1) is 9.58. The molecule has 2 aromatic rings. The van der Waals surface area contributed by atoms with Crippen molar-refractivity contribution < 1.29 is 14.7 Å². The molecule has 9 heteroatoms. The van der Waals surface area contributed by atoms with E-state index in [4.69, 9.17) is 5.11 Å². The fraction of sp³-hybridized carbons (Fsp3) is 0.364. The molecule has 0 saturated carbocycles. The lowest BCUT2D eigenvalue weighted by molar-refractivity contribution is 0.0687. The molecule has 2 heterocycles. The van der Waals surface area contributed by atoms with E-state index in [1.807, 2.05) is 0 Å². The Morgan fingerprint density at radius 1 is 1.50 bits per heavy atom. The van der Waals surface area contributed by atoms with Crippen molar-refractivity contribution in [3.05, 3.63) is 23.0 Å². The number of aromatic carboxylic acids is 1. The number of carbonyl (C=O) groups is 2. The lowest BCUT2D eigenvalue weighted by Crippen LogP contribution is -2.07. The molecule has 2 N–H and O–H groups in total. The fourth-order valence-electron chi connectivity index (χ4n) is 1.57. The normalized spacial score (nSPS) is 10.4. The van der Waals surface area contributed by atoms with Gasteiger partial charge in [-0.1, -0.05) is 16.6 Å². The van der Waals surface area contributed by atoms with Gasteiger partial charge in [-0.25, -0.2) is 9.78 Å². The summed E-state index contributed by atoms with van der Waals surface area (Å²) in [6, 6.07) is 0. The molecule has 8 nitrogen and oxygen atoms in total. The molecule has 0 aliphatic heterocycles. The van der Waals surface area contributed by atoms with Gasteiger partial charge in [-0.3, -0.25) is 9.48 Å². The molecular weight excluding hydrogens is 282 g/mol. The van der Waals surface area contributed by atoms with Gasteiger partial charge in [0.1, 0.15) is 4.88 Å². The first-order valence-electron chi connectivity index (χ1n) is 5.91. The molecule has 0 spiro atoms. The van der Waals surface area contributed by atoms with Crippen molar-refractivity contribution >= 4 is 28.2 Å². The first kappa shape index (κ1) is 14.1. The van der Waals surface area contributed by atoms with Gasteiger partial charge in [0, 0.05) is 26.2 Å². The molecule has 0 unspecified atom stereocenters. The zero-order valence-corrected chi connectivity index (χ0v) is 11.6. The summed E-state index contributed by atoms with van der Waals surface area (Å²) in [6.45, 7) is 2.63. The molecule has 0 aliphatic carbocycles. The molecule has 0 amide bonds. The van der Waals surface area contributed by atoms with Crippen LogP contribution in [0.2, 0.25) is 0 Å². The van der Waals surface area contributed by atoms with Gasteiger partial charge in [-0.15, -0.1) is 5.10 Å². The van der Waals surface area contributed by atoms with Gasteiger partial charge in [0.05, 0.1) is 6.20 Å². The average molecular weight is 295 g/mol. The van der Waals surface area contributed by atoms with Crippen molar-refractivity contribution in [1.82, 2.24) is 20.0 Å². The monoisotopic (exact) mass is 295 g/mol. The van der Waals surface area contributed by atoms with Crippen LogP contribution in [0, 0.1) is 0 Å². The Morgan fingerprint density at radius 3 is 2.85 bits per heavy atom. The largest absolute Gasteiger partial charge is 0.476 e. The van der Waals surface area contributed by atoms with Crippen LogP contribution in [0.25, 0.3) is 0 Å². The summed E-state index contributed by atoms with van der Waals surface area (Å²) in [7, 11) is 0. The average Bonchev–Trinajstić information content (AvgIpc) is 3.04. The number of anilines is 1. The quantitative estimate of drug-likeness (QED) is 0.582. The number of ketones is 1. The van der Waals surface area contributed by atoms with Gasteiger partial charge in [0.15, 0.2) is 16.6 Å². The van der Waals surface area contributed by atoms with Gasteiger partial charge in [-0.05, 0) is 6.42 Å². The van der Waals surface area contributed by atoms with Crippen molar-refractivity contribution in [2.24, 2.45) is 0 Å². The van der Waals surface area contributed by atoms with Gasteiger partial charge in [0.2, 0.25) is 0 Å². The number of hydrogen-bond donors (Lipinski definition) is 2. The topological polar surface area (TPSA) is 110 Å². The van der Waals surface area contributed by atoms with Crippen LogP contribution < -0.4 is 5.32 Å². The predicted molar refractivity (Wildman–Crippen MR) is 72.2 cm³/mol. The number of carboxylic acid groups (broad SMARTS) is 1. The van der Waals surface area contributed by atoms with Crippen LogP contribution in [-0.4, -0.2) is 43.4 Å². The number of Topliss-reactive ketones (excluding diaryl/α,β-unsaturated/α-hetero) is 1. The first-order valence-corrected chi connectivity index (χ1v) is 6.72. The molecule has 0 bridgehead atoms. The number of carboxylic acids is 1. The lowest BCUT2D eigenvalue weighted by atomic mass is 10.3. The van der Waals surface area contributed by atoms with Gasteiger partial charge in [0.25, 0.3) is 0 Å². The fourth-order valence-corrected chi connectivity index (χ4v) is 2.45. The Kier molecular flexibility index (Phi) is 4.41. The summed E-state index contributed by atoms with van der Waals surface area (Å²) in [5.74, 6) is -1.49. The third-order valence-electron chi connectivity index (χ3n) is 2.46. The van der Waals surface area contributed by atoms with Gasteiger partial charge >= 0.3 is 5.97 Å². The Morgan fingerprint density at radius 2 is 2.30 bits per heavy atom. The maximum atomic E-state index is 11.3. The van der Waals surface area contributed by atoms with Crippen LogP contribution in [0.5, 0.6) is 0 Å². The SMILES string of the molecule is CC(=O)c1sc(NCCCn2ccnn2)nc1C(=O)O. The van der Waals surface area contributed by atoms with E-state index in [1.54, 1.807) is 17.1 Å². The van der Waals surface area contributed by atoms with Crippen molar-refractivity contribution in [2.45, 2.75) is 19.9 Å². The van der Waals surface area contributed by atoms with Crippen molar-refractivity contribution in [2.75, 3.05) is 11.9 Å². The number of rotatable bonds is 7. The van der Waals surface area contributed by atoms with E-state index in [-0.39, 0.29) is 16.4 Å². The Bertz CT molecular complexity index is 576. The van der Waals surface area contributed by atoms with E-state index >= 15 is 0 Å². The molecule has 0 aliphatic rings. The summed E-state index contributed by atoms with van der Waals surface area (Å²) in [4.78, 5) is 26.4. The number of nitrogens with one attached hydrogen (secondary N) is 1. The summed E-state index contributed by atoms with van der Waals surface area (Å²) >= 11 is 1.06. The van der Waals surface area contributed by atoms with Crippen molar-refractivity contribution in [3.63, 3.8) is 0 Å². The van der Waals surface area contributed by atoms with Crippen molar-refractivity contribution in [1.29, 1.82) is 0 Å². The number of aryl methyl sites for hydroxylation is 1. The maximum Gasteiger partial charge on any atom is 0.356 e. The Hall–Kier alpha value is -2.29. The number of hydrogen-bond acceptors (Lipinski definition) is 7. The summed E-state index contributed by atoms with van der Waals surface area (Å²) in [5, 5.41) is 19.9. The molecule has 0 aromatic carbocycles. The molecular formula is C11H13N5O3S. The maximum absolute atomic E-state index is 11.3. The third kappa shape index (κ3) is 3.38. The second kappa shape index (κ2) is 6.24. The van der Waals surface area contributed by atoms with E-state index < -0.39 is 5.97 Å². The zero-order chi connectivity index (χ0) is 14.5. The van der Waals surface area contributed by atoms with E-state index in [0.29, 0.717) is 18.2 Å². The molecule has 106 valence electrons. The highest BCUT2D eigenvalue weighted by atomic mass is 32.1. The molecule has 2 aromatic heterocycles. The van der Waals surface area contributed by atoms with Crippen LogP contribution in [0.4, 0.5) is 5.13 Å². The smallest absolute Gasteiger partial charge is 0.356 e. The minimum Gasteiger partial charge on any atom is -0.476 e. The molecule has 2 rings (SSSR count). The third-order valence-corrected chi connectivity index (χ3v) is 3.58. The molecule has 0 fully saturated rings. The van der Waals surface area contributed by atoms with E-state index in [2.05, 4.69) is 20.6 Å². The van der Waals surface area contributed by atoms with E-state index in [0.717, 1.165) is 17.8 Å². The lowest BCUT2D eigenvalue weighted by Gasteiger charge is -2.02. The van der Waals surface area contributed by atoms with Crippen LogP contribution in [0.1, 0.15) is 33.5 Å². The Labute approximate surface area is 118 Å². The van der Waals surface area contributed by atoms with Crippen molar-refractivity contribution in [3.8, 4) is 0 Å². The number of thiazole rings is 1. The minimum atomic E-state index is -1.19. The van der Waals surface area contributed by atoms with Crippen LogP contribution in [0.15, 0.2) is 12.4 Å². The zero-order valence-electron chi connectivity index (χ0n) is 10.7.